The van der Waals surface area contributed by atoms with E-state index in [1.807, 2.05) is 0 Å². The van der Waals surface area contributed by atoms with Gasteiger partial charge in [0.05, 0.1) is 0 Å². The Morgan fingerprint density at radius 2 is 2.00 bits per heavy atom. The van der Waals surface area contributed by atoms with Crippen LogP contribution in [0.2, 0.25) is 0 Å². The predicted octanol–water partition coefficient (Wildman–Crippen LogP) is 3.72. The molecule has 0 aliphatic rings. The van der Waals surface area contributed by atoms with Crippen molar-refractivity contribution < 1.29 is 0 Å². The van der Waals surface area contributed by atoms with Crippen LogP contribution in [0, 0.1) is 0 Å². The van der Waals surface area contributed by atoms with Crippen LogP contribution >= 0.6 is 0 Å². The lowest BCUT2D eigenvalue weighted by atomic mass is 10.1. The molecule has 2 aromatic rings. The highest BCUT2D eigenvalue weighted by Crippen LogP contribution is 2.22. The molecule has 0 bridgehead atoms. The van der Waals surface area contributed by atoms with Gasteiger partial charge < -0.3 is 10.3 Å². The molecule has 0 unspecified atom stereocenters. The zero-order valence-electron chi connectivity index (χ0n) is 11.5. The summed E-state index contributed by atoms with van der Waals surface area (Å²) in [4.78, 5) is 0. The fraction of sp³-hybridized carbons (Fsp3) is 0.500. The number of nitrogens with zero attached hydrogens (tertiary/aromatic N) is 1. The van der Waals surface area contributed by atoms with Gasteiger partial charge in [-0.05, 0) is 31.4 Å². The summed E-state index contributed by atoms with van der Waals surface area (Å²) in [5.74, 6) is 0. The van der Waals surface area contributed by atoms with E-state index in [2.05, 4.69) is 48.9 Å². The summed E-state index contributed by atoms with van der Waals surface area (Å²) in [6.45, 7) is 5.44. The number of hydrogen-bond acceptors (Lipinski definition) is 1. The molecule has 1 aromatic heterocycles. The summed E-state index contributed by atoms with van der Waals surface area (Å²) in [6.07, 6.45) is 7.08. The van der Waals surface area contributed by atoms with Crippen molar-refractivity contribution in [2.24, 2.45) is 5.73 Å². The van der Waals surface area contributed by atoms with Crippen molar-refractivity contribution in [1.82, 2.24) is 4.57 Å². The molecule has 0 aliphatic carbocycles. The van der Waals surface area contributed by atoms with E-state index in [4.69, 9.17) is 5.73 Å². The van der Waals surface area contributed by atoms with Gasteiger partial charge in [0.15, 0.2) is 0 Å². The molecule has 0 radical (unpaired) electrons. The van der Waals surface area contributed by atoms with Crippen molar-refractivity contribution in [2.45, 2.75) is 52.1 Å². The van der Waals surface area contributed by atoms with E-state index < -0.39 is 0 Å². The molecule has 2 rings (SSSR count). The molecule has 98 valence electrons. The SMILES string of the molecule is CCCCCn1cc(C[C@@H](C)N)c2ccccc21. The van der Waals surface area contributed by atoms with Gasteiger partial charge in [-0.2, -0.15) is 0 Å². The van der Waals surface area contributed by atoms with Gasteiger partial charge in [0, 0.05) is 29.7 Å². The summed E-state index contributed by atoms with van der Waals surface area (Å²) >= 11 is 0. The van der Waals surface area contributed by atoms with Gasteiger partial charge in [-0.15, -0.1) is 0 Å². The van der Waals surface area contributed by atoms with Gasteiger partial charge in [0.25, 0.3) is 0 Å². The zero-order chi connectivity index (χ0) is 13.0. The number of nitrogens with two attached hydrogens (primary N) is 1. The van der Waals surface area contributed by atoms with Crippen LogP contribution in [0.4, 0.5) is 0 Å². The molecule has 2 nitrogen and oxygen atoms in total. The van der Waals surface area contributed by atoms with E-state index in [1.54, 1.807) is 0 Å². The molecule has 1 heterocycles. The van der Waals surface area contributed by atoms with Crippen LogP contribution in [0.1, 0.15) is 38.7 Å². The predicted molar refractivity (Wildman–Crippen MR) is 78.8 cm³/mol. The molecule has 18 heavy (non-hydrogen) atoms. The largest absolute Gasteiger partial charge is 0.347 e. The van der Waals surface area contributed by atoms with Crippen molar-refractivity contribution in [2.75, 3.05) is 0 Å². The summed E-state index contributed by atoms with van der Waals surface area (Å²) in [5.41, 5.74) is 8.67. The van der Waals surface area contributed by atoms with Crippen LogP contribution in [0.25, 0.3) is 10.9 Å². The van der Waals surface area contributed by atoms with Crippen LogP contribution in [0.5, 0.6) is 0 Å². The number of rotatable bonds is 6. The van der Waals surface area contributed by atoms with Crippen LogP contribution in [-0.2, 0) is 13.0 Å². The van der Waals surface area contributed by atoms with E-state index >= 15 is 0 Å². The standard InChI is InChI=1S/C16H24N2/c1-3-4-7-10-18-12-14(11-13(2)17)15-8-5-6-9-16(15)18/h5-6,8-9,12-13H,3-4,7,10-11,17H2,1-2H3/t13-/m1/s1. The minimum absolute atomic E-state index is 0.222. The second-order valence-electron chi connectivity index (χ2n) is 5.25. The van der Waals surface area contributed by atoms with Crippen LogP contribution in [0.3, 0.4) is 0 Å². The molecule has 1 aromatic carbocycles. The number of fused-ring (bicyclic) bond motifs is 1. The Morgan fingerprint density at radius 3 is 2.72 bits per heavy atom. The second kappa shape index (κ2) is 6.05. The van der Waals surface area contributed by atoms with E-state index in [9.17, 15) is 0 Å². The highest BCUT2D eigenvalue weighted by Gasteiger charge is 2.09. The third-order valence-electron chi connectivity index (χ3n) is 3.42. The minimum atomic E-state index is 0.222. The van der Waals surface area contributed by atoms with Crippen molar-refractivity contribution in [3.63, 3.8) is 0 Å². The smallest absolute Gasteiger partial charge is 0.0483 e. The normalized spacial score (nSPS) is 13.1. The van der Waals surface area contributed by atoms with E-state index in [0.29, 0.717) is 0 Å². The molecule has 0 fully saturated rings. The summed E-state index contributed by atoms with van der Waals surface area (Å²) in [6, 6.07) is 8.88. The van der Waals surface area contributed by atoms with Crippen LogP contribution in [0.15, 0.2) is 30.5 Å². The molecule has 0 spiro atoms. The fourth-order valence-corrected chi connectivity index (χ4v) is 2.55. The number of unbranched alkanes of at least 4 members (excludes halogenated alkanes) is 2. The number of benzene rings is 1. The average molecular weight is 244 g/mol. The maximum Gasteiger partial charge on any atom is 0.0483 e. The second-order valence-corrected chi connectivity index (χ2v) is 5.25. The van der Waals surface area contributed by atoms with Crippen molar-refractivity contribution >= 4 is 10.9 Å². The molecular weight excluding hydrogens is 220 g/mol. The first kappa shape index (κ1) is 13.2. The Morgan fingerprint density at radius 1 is 1.22 bits per heavy atom. The molecule has 0 aliphatic heterocycles. The average Bonchev–Trinajstić information content (AvgIpc) is 2.68. The first-order valence-electron chi connectivity index (χ1n) is 7.04. The van der Waals surface area contributed by atoms with Gasteiger partial charge in [0.1, 0.15) is 0 Å². The van der Waals surface area contributed by atoms with Gasteiger partial charge in [-0.3, -0.25) is 0 Å². The zero-order valence-corrected chi connectivity index (χ0v) is 11.5. The monoisotopic (exact) mass is 244 g/mol. The number of aryl methyl sites for hydroxylation is 1. The Bertz CT molecular complexity index is 497. The quantitative estimate of drug-likeness (QED) is 0.771. The minimum Gasteiger partial charge on any atom is -0.347 e. The van der Waals surface area contributed by atoms with Crippen molar-refractivity contribution in [3.8, 4) is 0 Å². The number of para-hydroxylation sites is 1. The van der Waals surface area contributed by atoms with Crippen molar-refractivity contribution in [3.05, 3.63) is 36.0 Å². The summed E-state index contributed by atoms with van der Waals surface area (Å²) in [5, 5.41) is 1.37. The van der Waals surface area contributed by atoms with Gasteiger partial charge in [0.2, 0.25) is 0 Å². The van der Waals surface area contributed by atoms with E-state index in [0.717, 1.165) is 13.0 Å². The third kappa shape index (κ3) is 2.94. The third-order valence-corrected chi connectivity index (χ3v) is 3.42. The number of aromatic nitrogens is 1. The van der Waals surface area contributed by atoms with E-state index in [1.165, 1.54) is 35.7 Å². The van der Waals surface area contributed by atoms with Crippen LogP contribution in [-0.4, -0.2) is 10.6 Å². The molecule has 2 heteroatoms. The highest BCUT2D eigenvalue weighted by atomic mass is 15.0. The summed E-state index contributed by atoms with van der Waals surface area (Å²) in [7, 11) is 0. The Hall–Kier alpha value is -1.28. The molecule has 2 N–H and O–H groups in total. The Labute approximate surface area is 110 Å². The molecule has 0 saturated carbocycles. The molecule has 1 atom stereocenters. The molecular formula is C16H24N2. The van der Waals surface area contributed by atoms with Gasteiger partial charge in [-0.1, -0.05) is 38.0 Å². The lowest BCUT2D eigenvalue weighted by Crippen LogP contribution is -2.17. The topological polar surface area (TPSA) is 30.9 Å². The van der Waals surface area contributed by atoms with E-state index in [-0.39, 0.29) is 6.04 Å². The Balaban J connectivity index is 2.29. The fourth-order valence-electron chi connectivity index (χ4n) is 2.55. The molecule has 0 saturated heterocycles. The maximum absolute atomic E-state index is 5.94. The van der Waals surface area contributed by atoms with Crippen molar-refractivity contribution in [1.29, 1.82) is 0 Å². The Kier molecular flexibility index (Phi) is 4.43. The highest BCUT2D eigenvalue weighted by molar-refractivity contribution is 5.84. The van der Waals surface area contributed by atoms with Gasteiger partial charge >= 0.3 is 0 Å². The number of hydrogen-bond donors (Lipinski definition) is 1. The maximum atomic E-state index is 5.94. The summed E-state index contributed by atoms with van der Waals surface area (Å²) < 4.78 is 2.39. The molecule has 0 amide bonds. The van der Waals surface area contributed by atoms with Crippen LogP contribution < -0.4 is 5.73 Å². The first-order valence-corrected chi connectivity index (χ1v) is 7.04. The lowest BCUT2D eigenvalue weighted by Gasteiger charge is -2.04. The van der Waals surface area contributed by atoms with Gasteiger partial charge in [-0.25, -0.2) is 0 Å². The first-order chi connectivity index (χ1) is 8.72. The lowest BCUT2D eigenvalue weighted by molar-refractivity contribution is 0.614.